The zero-order valence-electron chi connectivity index (χ0n) is 8.88. The van der Waals surface area contributed by atoms with Crippen molar-refractivity contribution in [3.8, 4) is 0 Å². The van der Waals surface area contributed by atoms with Crippen LogP contribution in [0.3, 0.4) is 0 Å². The number of hydrogen-bond acceptors (Lipinski definition) is 1. The van der Waals surface area contributed by atoms with Crippen LogP contribution in [0, 0.1) is 9.39 Å². The molecule has 0 aliphatic rings. The first-order valence-corrected chi connectivity index (χ1v) is 6.55. The van der Waals surface area contributed by atoms with E-state index in [0.717, 1.165) is 9.26 Å². The van der Waals surface area contributed by atoms with Gasteiger partial charge in [-0.05, 0) is 46.9 Å². The van der Waals surface area contributed by atoms with Crippen molar-refractivity contribution in [3.05, 3.63) is 62.4 Å². The first-order chi connectivity index (χ1) is 8.16. The molecule has 0 saturated heterocycles. The van der Waals surface area contributed by atoms with Gasteiger partial charge in [0.2, 0.25) is 0 Å². The second-order valence-corrected chi connectivity index (χ2v) is 5.23. The lowest BCUT2D eigenvalue weighted by molar-refractivity contribution is 0.613. The Bertz CT molecular complexity index is 531. The SMILES string of the molecule is Fc1c(Cl)cccc1CNc1cccc(I)c1. The second-order valence-electron chi connectivity index (χ2n) is 3.58. The predicted octanol–water partition coefficient (Wildman–Crippen LogP) is 4.70. The lowest BCUT2D eigenvalue weighted by Gasteiger charge is -2.08. The molecule has 0 saturated carbocycles. The monoisotopic (exact) mass is 361 g/mol. The van der Waals surface area contributed by atoms with Crippen LogP contribution >= 0.6 is 34.2 Å². The van der Waals surface area contributed by atoms with E-state index in [2.05, 4.69) is 27.9 Å². The maximum Gasteiger partial charge on any atom is 0.146 e. The average molecular weight is 362 g/mol. The molecular formula is C13H10ClFIN. The predicted molar refractivity (Wildman–Crippen MR) is 77.9 cm³/mol. The number of nitrogens with one attached hydrogen (secondary N) is 1. The molecule has 0 radical (unpaired) electrons. The van der Waals surface area contributed by atoms with E-state index >= 15 is 0 Å². The van der Waals surface area contributed by atoms with Crippen molar-refractivity contribution < 1.29 is 4.39 Å². The molecule has 88 valence electrons. The Labute approximate surface area is 118 Å². The normalized spacial score (nSPS) is 10.3. The van der Waals surface area contributed by atoms with Crippen molar-refractivity contribution >= 4 is 39.9 Å². The molecular weight excluding hydrogens is 352 g/mol. The largest absolute Gasteiger partial charge is 0.381 e. The molecule has 2 rings (SSSR count). The summed E-state index contributed by atoms with van der Waals surface area (Å²) in [6.07, 6.45) is 0. The first-order valence-electron chi connectivity index (χ1n) is 5.09. The summed E-state index contributed by atoms with van der Waals surface area (Å²) >= 11 is 7.95. The van der Waals surface area contributed by atoms with E-state index in [-0.39, 0.29) is 10.8 Å². The van der Waals surface area contributed by atoms with Crippen LogP contribution in [0.5, 0.6) is 0 Å². The zero-order chi connectivity index (χ0) is 12.3. The molecule has 0 spiro atoms. The molecule has 2 aromatic rings. The fraction of sp³-hybridized carbons (Fsp3) is 0.0769. The lowest BCUT2D eigenvalue weighted by atomic mass is 10.2. The highest BCUT2D eigenvalue weighted by atomic mass is 127. The van der Waals surface area contributed by atoms with Crippen LogP contribution in [0.2, 0.25) is 5.02 Å². The smallest absolute Gasteiger partial charge is 0.146 e. The summed E-state index contributed by atoms with van der Waals surface area (Å²) in [4.78, 5) is 0. The molecule has 0 amide bonds. The van der Waals surface area contributed by atoms with Crippen LogP contribution in [0.25, 0.3) is 0 Å². The summed E-state index contributed by atoms with van der Waals surface area (Å²) in [5, 5.41) is 3.33. The third kappa shape index (κ3) is 3.33. The van der Waals surface area contributed by atoms with E-state index in [1.54, 1.807) is 18.2 Å². The minimum Gasteiger partial charge on any atom is -0.381 e. The zero-order valence-corrected chi connectivity index (χ0v) is 11.8. The number of rotatable bonds is 3. The standard InChI is InChI=1S/C13H10ClFIN/c14-12-6-1-3-9(13(12)15)8-17-11-5-2-4-10(16)7-11/h1-7,17H,8H2. The van der Waals surface area contributed by atoms with Crippen LogP contribution in [-0.4, -0.2) is 0 Å². The van der Waals surface area contributed by atoms with Gasteiger partial charge in [-0.1, -0.05) is 29.8 Å². The van der Waals surface area contributed by atoms with Crippen molar-refractivity contribution in [2.24, 2.45) is 0 Å². The molecule has 1 nitrogen and oxygen atoms in total. The molecule has 0 unspecified atom stereocenters. The van der Waals surface area contributed by atoms with E-state index in [1.807, 2.05) is 24.3 Å². The Morgan fingerprint density at radius 3 is 2.71 bits per heavy atom. The van der Waals surface area contributed by atoms with E-state index < -0.39 is 0 Å². The molecule has 0 heterocycles. The van der Waals surface area contributed by atoms with E-state index in [9.17, 15) is 4.39 Å². The molecule has 17 heavy (non-hydrogen) atoms. The summed E-state index contributed by atoms with van der Waals surface area (Å²) in [5.41, 5.74) is 1.53. The van der Waals surface area contributed by atoms with Crippen LogP contribution in [0.4, 0.5) is 10.1 Å². The Balaban J connectivity index is 2.10. The molecule has 0 aliphatic heterocycles. The summed E-state index contributed by atoms with van der Waals surface area (Å²) in [6, 6.07) is 12.9. The number of anilines is 1. The van der Waals surface area contributed by atoms with Gasteiger partial charge in [0.25, 0.3) is 0 Å². The van der Waals surface area contributed by atoms with Gasteiger partial charge in [-0.2, -0.15) is 0 Å². The van der Waals surface area contributed by atoms with Crippen molar-refractivity contribution in [2.45, 2.75) is 6.54 Å². The highest BCUT2D eigenvalue weighted by Gasteiger charge is 2.05. The van der Waals surface area contributed by atoms with Gasteiger partial charge >= 0.3 is 0 Å². The third-order valence-corrected chi connectivity index (χ3v) is 3.30. The van der Waals surface area contributed by atoms with Crippen LogP contribution in [0.1, 0.15) is 5.56 Å². The summed E-state index contributed by atoms with van der Waals surface area (Å²) in [6.45, 7) is 0.423. The Morgan fingerprint density at radius 2 is 1.94 bits per heavy atom. The van der Waals surface area contributed by atoms with Gasteiger partial charge in [-0.3, -0.25) is 0 Å². The molecule has 0 fully saturated rings. The molecule has 4 heteroatoms. The second kappa shape index (κ2) is 5.69. The Morgan fingerprint density at radius 1 is 1.18 bits per heavy atom. The topological polar surface area (TPSA) is 12.0 Å². The van der Waals surface area contributed by atoms with Crippen molar-refractivity contribution in [1.29, 1.82) is 0 Å². The summed E-state index contributed by atoms with van der Waals surface area (Å²) in [5.74, 6) is -0.354. The van der Waals surface area contributed by atoms with E-state index in [4.69, 9.17) is 11.6 Å². The van der Waals surface area contributed by atoms with Crippen LogP contribution in [0.15, 0.2) is 42.5 Å². The van der Waals surface area contributed by atoms with Crippen molar-refractivity contribution in [3.63, 3.8) is 0 Å². The van der Waals surface area contributed by atoms with Gasteiger partial charge in [0, 0.05) is 21.4 Å². The van der Waals surface area contributed by atoms with E-state index in [1.165, 1.54) is 0 Å². The lowest BCUT2D eigenvalue weighted by Crippen LogP contribution is -2.02. The molecule has 0 aromatic heterocycles. The van der Waals surface area contributed by atoms with Gasteiger partial charge in [-0.25, -0.2) is 4.39 Å². The fourth-order valence-corrected chi connectivity index (χ4v) is 2.22. The molecule has 0 atom stereocenters. The maximum absolute atomic E-state index is 13.6. The minimum absolute atomic E-state index is 0.159. The highest BCUT2D eigenvalue weighted by Crippen LogP contribution is 2.19. The van der Waals surface area contributed by atoms with Gasteiger partial charge in [0.1, 0.15) is 5.82 Å². The number of benzene rings is 2. The first kappa shape index (κ1) is 12.6. The molecule has 1 N–H and O–H groups in total. The Kier molecular flexibility index (Phi) is 4.23. The van der Waals surface area contributed by atoms with Gasteiger partial charge < -0.3 is 5.32 Å². The summed E-state index contributed by atoms with van der Waals surface area (Å²) in [7, 11) is 0. The fourth-order valence-electron chi connectivity index (χ4n) is 1.48. The third-order valence-electron chi connectivity index (χ3n) is 2.34. The maximum atomic E-state index is 13.6. The Hall–Kier alpha value is -0.810. The number of hydrogen-bond donors (Lipinski definition) is 1. The minimum atomic E-state index is -0.354. The summed E-state index contributed by atoms with van der Waals surface area (Å²) < 4.78 is 14.7. The van der Waals surface area contributed by atoms with E-state index in [0.29, 0.717) is 12.1 Å². The van der Waals surface area contributed by atoms with Gasteiger partial charge in [0.15, 0.2) is 0 Å². The molecule has 2 aromatic carbocycles. The van der Waals surface area contributed by atoms with Crippen LogP contribution in [-0.2, 0) is 6.54 Å². The van der Waals surface area contributed by atoms with Gasteiger partial charge in [0.05, 0.1) is 5.02 Å². The van der Waals surface area contributed by atoms with Gasteiger partial charge in [-0.15, -0.1) is 0 Å². The average Bonchev–Trinajstić information content (AvgIpc) is 2.31. The van der Waals surface area contributed by atoms with Crippen LogP contribution < -0.4 is 5.32 Å². The van der Waals surface area contributed by atoms with Crippen molar-refractivity contribution in [2.75, 3.05) is 5.32 Å². The molecule has 0 bridgehead atoms. The highest BCUT2D eigenvalue weighted by molar-refractivity contribution is 14.1. The quantitative estimate of drug-likeness (QED) is 0.782. The number of halogens is 3. The van der Waals surface area contributed by atoms with Crippen molar-refractivity contribution in [1.82, 2.24) is 0 Å². The molecule has 0 aliphatic carbocycles.